The Hall–Kier alpha value is -4.31. The predicted molar refractivity (Wildman–Crippen MR) is 163 cm³/mol. The zero-order valence-corrected chi connectivity index (χ0v) is 23.7. The first-order valence-corrected chi connectivity index (χ1v) is 14.6. The highest BCUT2D eigenvalue weighted by atomic mass is 19.1. The number of nitrogens with zero attached hydrogens (tertiary/aromatic N) is 3. The summed E-state index contributed by atoms with van der Waals surface area (Å²) in [6.45, 7) is 1.80. The minimum atomic E-state index is -0.515. The molecule has 6 rings (SSSR count). The van der Waals surface area contributed by atoms with Crippen LogP contribution in [0.3, 0.4) is 0 Å². The average Bonchev–Trinajstić information content (AvgIpc) is 3.02. The van der Waals surface area contributed by atoms with Gasteiger partial charge in [0, 0.05) is 43.6 Å². The number of H-pyrrole nitrogens is 1. The summed E-state index contributed by atoms with van der Waals surface area (Å²) in [7, 11) is 1.75. The number of carbonyl (C=O) groups excluding carboxylic acids is 1. The van der Waals surface area contributed by atoms with Crippen LogP contribution in [0.4, 0.5) is 27.3 Å². The summed E-state index contributed by atoms with van der Waals surface area (Å²) >= 11 is 0. The Labute approximate surface area is 243 Å². The van der Waals surface area contributed by atoms with Crippen LogP contribution in [-0.2, 0) is 9.53 Å². The molecule has 4 aromatic rings. The second-order valence-corrected chi connectivity index (χ2v) is 11.1. The summed E-state index contributed by atoms with van der Waals surface area (Å²) in [4.78, 5) is 39.6. The SMILES string of the molecule is COC1CCN(c2ccc(Nc3cc(-c4ccc(NC(=O)C5CCCCC5)cc4F)nc4cc[nH]c(=O)c34)nc2)CC1. The van der Waals surface area contributed by atoms with Gasteiger partial charge in [-0.1, -0.05) is 19.3 Å². The van der Waals surface area contributed by atoms with Crippen molar-refractivity contribution in [3.63, 3.8) is 0 Å². The molecule has 42 heavy (non-hydrogen) atoms. The van der Waals surface area contributed by atoms with Gasteiger partial charge in [-0.05, 0) is 68.1 Å². The van der Waals surface area contributed by atoms with Crippen LogP contribution in [0, 0.1) is 11.7 Å². The number of rotatable bonds is 7. The maximum Gasteiger partial charge on any atom is 0.259 e. The highest BCUT2D eigenvalue weighted by Gasteiger charge is 2.22. The molecule has 1 aromatic carbocycles. The number of pyridine rings is 3. The number of amides is 1. The van der Waals surface area contributed by atoms with E-state index >= 15 is 4.39 Å². The number of anilines is 4. The third-order valence-electron chi connectivity index (χ3n) is 8.37. The van der Waals surface area contributed by atoms with Crippen molar-refractivity contribution < 1.29 is 13.9 Å². The third kappa shape index (κ3) is 5.99. The zero-order chi connectivity index (χ0) is 29.1. The molecule has 0 bridgehead atoms. The van der Waals surface area contributed by atoms with Gasteiger partial charge in [0.05, 0.1) is 40.3 Å². The number of piperidine rings is 1. The summed E-state index contributed by atoms with van der Waals surface area (Å²) < 4.78 is 20.9. The lowest BCUT2D eigenvalue weighted by Gasteiger charge is -2.32. The van der Waals surface area contributed by atoms with E-state index in [1.54, 1.807) is 31.4 Å². The number of carbonyl (C=O) groups is 1. The molecule has 1 amide bonds. The van der Waals surface area contributed by atoms with E-state index in [2.05, 4.69) is 30.5 Å². The number of aromatic amines is 1. The molecule has 1 aliphatic heterocycles. The van der Waals surface area contributed by atoms with Crippen molar-refractivity contribution in [2.45, 2.75) is 51.0 Å². The first kappa shape index (κ1) is 27.8. The van der Waals surface area contributed by atoms with Gasteiger partial charge in [0.1, 0.15) is 11.6 Å². The van der Waals surface area contributed by atoms with Gasteiger partial charge < -0.3 is 25.3 Å². The molecule has 9 nitrogen and oxygen atoms in total. The first-order valence-electron chi connectivity index (χ1n) is 14.6. The van der Waals surface area contributed by atoms with Gasteiger partial charge in [-0.2, -0.15) is 0 Å². The van der Waals surface area contributed by atoms with E-state index < -0.39 is 5.82 Å². The zero-order valence-electron chi connectivity index (χ0n) is 23.7. The molecule has 1 saturated carbocycles. The molecule has 218 valence electrons. The summed E-state index contributed by atoms with van der Waals surface area (Å²) in [5, 5.41) is 6.47. The number of halogens is 1. The Balaban J connectivity index is 1.25. The Morgan fingerprint density at radius 1 is 1.05 bits per heavy atom. The smallest absolute Gasteiger partial charge is 0.259 e. The van der Waals surface area contributed by atoms with Gasteiger partial charge in [0.15, 0.2) is 0 Å². The molecule has 10 heteroatoms. The third-order valence-corrected chi connectivity index (χ3v) is 8.37. The fourth-order valence-electron chi connectivity index (χ4n) is 5.97. The van der Waals surface area contributed by atoms with Crippen LogP contribution in [-0.4, -0.2) is 47.2 Å². The number of hydrogen-bond donors (Lipinski definition) is 3. The van der Waals surface area contributed by atoms with Crippen molar-refractivity contribution in [3.8, 4) is 11.3 Å². The minimum Gasteiger partial charge on any atom is -0.381 e. The highest BCUT2D eigenvalue weighted by molar-refractivity contribution is 5.95. The summed E-state index contributed by atoms with van der Waals surface area (Å²) in [5.41, 5.74) is 2.63. The van der Waals surface area contributed by atoms with Crippen LogP contribution < -0.4 is 21.1 Å². The Morgan fingerprint density at radius 3 is 2.57 bits per heavy atom. The molecule has 2 aliphatic rings. The van der Waals surface area contributed by atoms with E-state index in [4.69, 9.17) is 4.74 Å². The fraction of sp³-hybridized carbons (Fsp3) is 0.375. The molecule has 3 N–H and O–H groups in total. The molecule has 4 heterocycles. The second-order valence-electron chi connectivity index (χ2n) is 11.1. The van der Waals surface area contributed by atoms with Crippen LogP contribution in [0.15, 0.2) is 59.7 Å². The van der Waals surface area contributed by atoms with Crippen molar-refractivity contribution in [1.29, 1.82) is 0 Å². The fourth-order valence-corrected chi connectivity index (χ4v) is 5.97. The largest absolute Gasteiger partial charge is 0.381 e. The molecule has 1 aliphatic carbocycles. The minimum absolute atomic E-state index is 0.0269. The number of fused-ring (bicyclic) bond motifs is 1. The van der Waals surface area contributed by atoms with Crippen LogP contribution in [0.5, 0.6) is 0 Å². The molecule has 0 atom stereocenters. The van der Waals surface area contributed by atoms with Gasteiger partial charge in [0.25, 0.3) is 5.56 Å². The predicted octanol–water partition coefficient (Wildman–Crippen LogP) is 6.00. The Morgan fingerprint density at radius 2 is 1.86 bits per heavy atom. The first-order chi connectivity index (χ1) is 20.5. The molecular formula is C32H35FN6O3. The highest BCUT2D eigenvalue weighted by Crippen LogP contribution is 2.32. The van der Waals surface area contributed by atoms with E-state index in [9.17, 15) is 9.59 Å². The summed E-state index contributed by atoms with van der Waals surface area (Å²) in [5.74, 6) is -0.0532. The standard InChI is InChI=1S/C32H35FN6O3/c1-42-23-12-15-39(16-13-23)22-8-10-29(35-19-22)38-28-18-27(37-26-11-14-34-32(41)30(26)28)24-9-7-21(17-25(24)33)36-31(40)20-5-3-2-4-6-20/h7-11,14,17-20,23H,2-6,12-13,15-16H2,1H3,(H,34,41)(H,36,40)(H,35,37,38). The molecule has 1 saturated heterocycles. The van der Waals surface area contributed by atoms with Crippen molar-refractivity contribution >= 4 is 39.7 Å². The van der Waals surface area contributed by atoms with Gasteiger partial charge in [0.2, 0.25) is 5.91 Å². The van der Waals surface area contributed by atoms with Gasteiger partial charge in [-0.25, -0.2) is 14.4 Å². The Kier molecular flexibility index (Phi) is 8.14. The second kappa shape index (κ2) is 12.3. The Bertz CT molecular complexity index is 1630. The number of nitrogens with one attached hydrogen (secondary N) is 3. The van der Waals surface area contributed by atoms with Crippen LogP contribution in [0.2, 0.25) is 0 Å². The van der Waals surface area contributed by atoms with Gasteiger partial charge in [-0.3, -0.25) is 9.59 Å². The maximum absolute atomic E-state index is 15.4. The van der Waals surface area contributed by atoms with E-state index in [1.165, 1.54) is 12.3 Å². The van der Waals surface area contributed by atoms with Crippen LogP contribution in [0.1, 0.15) is 44.9 Å². The molecule has 2 fully saturated rings. The summed E-state index contributed by atoms with van der Waals surface area (Å²) in [6.07, 6.45) is 10.5. The number of aromatic nitrogens is 3. The lowest BCUT2D eigenvalue weighted by atomic mass is 9.88. The van der Waals surface area contributed by atoms with Crippen molar-refractivity contribution in [1.82, 2.24) is 15.0 Å². The number of methoxy groups -OCH3 is 1. The van der Waals surface area contributed by atoms with Gasteiger partial charge >= 0.3 is 0 Å². The van der Waals surface area contributed by atoms with E-state index in [-0.39, 0.29) is 22.9 Å². The van der Waals surface area contributed by atoms with E-state index in [0.29, 0.717) is 39.9 Å². The molecule has 3 aromatic heterocycles. The average molecular weight is 571 g/mol. The number of hydrogen-bond acceptors (Lipinski definition) is 7. The lowest BCUT2D eigenvalue weighted by molar-refractivity contribution is -0.120. The molecule has 0 spiro atoms. The molecule has 0 radical (unpaired) electrons. The maximum atomic E-state index is 15.4. The normalized spacial score (nSPS) is 16.5. The van der Waals surface area contributed by atoms with E-state index in [0.717, 1.165) is 63.7 Å². The van der Waals surface area contributed by atoms with Gasteiger partial charge in [-0.15, -0.1) is 0 Å². The van der Waals surface area contributed by atoms with Crippen LogP contribution in [0.25, 0.3) is 22.2 Å². The monoisotopic (exact) mass is 570 g/mol. The van der Waals surface area contributed by atoms with Crippen molar-refractivity contribution in [2.75, 3.05) is 35.7 Å². The number of ether oxygens (including phenoxy) is 1. The van der Waals surface area contributed by atoms with E-state index in [1.807, 2.05) is 18.3 Å². The van der Waals surface area contributed by atoms with Crippen molar-refractivity contribution in [2.24, 2.45) is 5.92 Å². The van der Waals surface area contributed by atoms with Crippen LogP contribution >= 0.6 is 0 Å². The lowest BCUT2D eigenvalue weighted by Crippen LogP contribution is -2.36. The topological polar surface area (TPSA) is 112 Å². The summed E-state index contributed by atoms with van der Waals surface area (Å²) in [6, 6.07) is 11.8. The number of benzene rings is 1. The van der Waals surface area contributed by atoms with Crippen molar-refractivity contribution in [3.05, 3.63) is 71.0 Å². The molecule has 0 unspecified atom stereocenters. The molecular weight excluding hydrogens is 535 g/mol. The quantitative estimate of drug-likeness (QED) is 0.250.